The molecule has 112 valence electrons. The van der Waals surface area contributed by atoms with Crippen LogP contribution in [0.25, 0.3) is 17.0 Å². The zero-order valence-corrected chi connectivity index (χ0v) is 12.1. The van der Waals surface area contributed by atoms with Crippen molar-refractivity contribution in [1.29, 1.82) is 0 Å². The number of nitrogens with zero attached hydrogens (tertiary/aromatic N) is 6. The molecule has 0 spiro atoms. The molecule has 1 aliphatic heterocycles. The van der Waals surface area contributed by atoms with E-state index in [0.717, 1.165) is 35.8 Å². The highest BCUT2D eigenvalue weighted by Gasteiger charge is 2.16. The van der Waals surface area contributed by atoms with Crippen LogP contribution < -0.4 is 4.90 Å². The molecule has 0 unspecified atom stereocenters. The Bertz CT molecular complexity index is 809. The van der Waals surface area contributed by atoms with Gasteiger partial charge in [-0.3, -0.25) is 0 Å². The lowest BCUT2D eigenvalue weighted by Gasteiger charge is -2.16. The molecule has 1 saturated heterocycles. The van der Waals surface area contributed by atoms with Gasteiger partial charge in [0.05, 0.1) is 19.0 Å². The van der Waals surface area contributed by atoms with E-state index in [1.807, 2.05) is 12.1 Å². The van der Waals surface area contributed by atoms with E-state index in [0.29, 0.717) is 5.69 Å². The SMILES string of the molecule is OCc1cnnc(-c2cnc3ccc(N4CCCC4)nn23)c1. The van der Waals surface area contributed by atoms with E-state index < -0.39 is 0 Å². The predicted molar refractivity (Wildman–Crippen MR) is 81.4 cm³/mol. The maximum atomic E-state index is 9.25. The van der Waals surface area contributed by atoms with E-state index in [1.54, 1.807) is 23.0 Å². The minimum atomic E-state index is -0.0638. The topological polar surface area (TPSA) is 79.4 Å². The van der Waals surface area contributed by atoms with E-state index >= 15 is 0 Å². The van der Waals surface area contributed by atoms with Crippen LogP contribution in [0.3, 0.4) is 0 Å². The molecule has 3 aromatic heterocycles. The molecule has 4 heterocycles. The van der Waals surface area contributed by atoms with Gasteiger partial charge in [-0.05, 0) is 36.6 Å². The summed E-state index contributed by atoms with van der Waals surface area (Å²) in [6.07, 6.45) is 5.71. The number of rotatable bonds is 3. The fourth-order valence-electron chi connectivity index (χ4n) is 2.77. The van der Waals surface area contributed by atoms with Gasteiger partial charge in [0.15, 0.2) is 5.65 Å². The van der Waals surface area contributed by atoms with E-state index in [4.69, 9.17) is 5.10 Å². The number of imidazole rings is 1. The molecule has 0 aliphatic carbocycles. The monoisotopic (exact) mass is 296 g/mol. The average molecular weight is 296 g/mol. The molecule has 1 aliphatic rings. The van der Waals surface area contributed by atoms with Gasteiger partial charge in [0.2, 0.25) is 0 Å². The van der Waals surface area contributed by atoms with Crippen LogP contribution in [-0.4, -0.2) is 43.0 Å². The Hall–Kier alpha value is -2.54. The molecule has 7 nitrogen and oxygen atoms in total. The van der Waals surface area contributed by atoms with Crippen LogP contribution in [-0.2, 0) is 6.61 Å². The number of aliphatic hydroxyl groups is 1. The van der Waals surface area contributed by atoms with E-state index in [-0.39, 0.29) is 6.61 Å². The summed E-state index contributed by atoms with van der Waals surface area (Å²) in [6.45, 7) is 2.02. The molecular formula is C15H16N6O. The summed E-state index contributed by atoms with van der Waals surface area (Å²) < 4.78 is 1.79. The third-order valence-electron chi connectivity index (χ3n) is 3.93. The number of hydrogen-bond donors (Lipinski definition) is 1. The summed E-state index contributed by atoms with van der Waals surface area (Å²) in [6, 6.07) is 5.78. The fraction of sp³-hybridized carbons (Fsp3) is 0.333. The molecule has 7 heteroatoms. The van der Waals surface area contributed by atoms with Gasteiger partial charge in [-0.1, -0.05) is 0 Å². The number of aromatic nitrogens is 5. The quantitative estimate of drug-likeness (QED) is 0.784. The summed E-state index contributed by atoms with van der Waals surface area (Å²) in [5.74, 6) is 0.954. The lowest BCUT2D eigenvalue weighted by Crippen LogP contribution is -2.19. The van der Waals surface area contributed by atoms with Crippen LogP contribution in [0.4, 0.5) is 5.82 Å². The predicted octanol–water partition coefficient (Wildman–Crippen LogP) is 1.28. The van der Waals surface area contributed by atoms with Crippen molar-refractivity contribution in [3.05, 3.63) is 36.2 Å². The lowest BCUT2D eigenvalue weighted by molar-refractivity contribution is 0.281. The van der Waals surface area contributed by atoms with E-state index in [1.165, 1.54) is 12.8 Å². The van der Waals surface area contributed by atoms with Gasteiger partial charge in [-0.25, -0.2) is 9.50 Å². The van der Waals surface area contributed by atoms with Gasteiger partial charge in [0.25, 0.3) is 0 Å². The minimum absolute atomic E-state index is 0.0638. The Morgan fingerprint density at radius 3 is 2.82 bits per heavy atom. The largest absolute Gasteiger partial charge is 0.392 e. The Morgan fingerprint density at radius 2 is 2.00 bits per heavy atom. The van der Waals surface area contributed by atoms with E-state index in [2.05, 4.69) is 20.1 Å². The summed E-state index contributed by atoms with van der Waals surface area (Å²) in [4.78, 5) is 6.65. The summed E-state index contributed by atoms with van der Waals surface area (Å²) in [5.41, 5.74) is 2.92. The molecule has 1 fully saturated rings. The average Bonchev–Trinajstić information content (AvgIpc) is 3.23. The molecule has 0 saturated carbocycles. The van der Waals surface area contributed by atoms with Crippen molar-refractivity contribution in [2.24, 2.45) is 0 Å². The van der Waals surface area contributed by atoms with E-state index in [9.17, 15) is 5.11 Å². The number of fused-ring (bicyclic) bond motifs is 1. The second-order valence-electron chi connectivity index (χ2n) is 5.41. The normalized spacial score (nSPS) is 14.9. The summed E-state index contributed by atoms with van der Waals surface area (Å²) >= 11 is 0. The molecule has 0 aromatic carbocycles. The third-order valence-corrected chi connectivity index (χ3v) is 3.93. The van der Waals surface area contributed by atoms with Crippen LogP contribution in [0, 0.1) is 0 Å². The van der Waals surface area contributed by atoms with Gasteiger partial charge in [0, 0.05) is 13.1 Å². The van der Waals surface area contributed by atoms with Crippen LogP contribution in [0.5, 0.6) is 0 Å². The first-order valence-electron chi connectivity index (χ1n) is 7.38. The van der Waals surface area contributed by atoms with Crippen LogP contribution in [0.15, 0.2) is 30.6 Å². The van der Waals surface area contributed by atoms with Crippen LogP contribution >= 0.6 is 0 Å². The van der Waals surface area contributed by atoms with Crippen LogP contribution in [0.1, 0.15) is 18.4 Å². The smallest absolute Gasteiger partial charge is 0.154 e. The van der Waals surface area contributed by atoms with Crippen molar-refractivity contribution in [2.75, 3.05) is 18.0 Å². The second kappa shape index (κ2) is 5.34. The molecular weight excluding hydrogens is 280 g/mol. The van der Waals surface area contributed by atoms with Crippen molar-refractivity contribution in [3.8, 4) is 11.4 Å². The van der Waals surface area contributed by atoms with Gasteiger partial charge >= 0.3 is 0 Å². The standard InChI is InChI=1S/C15H16N6O/c22-10-11-7-12(18-17-8-11)13-9-16-14-3-4-15(19-21(13)14)20-5-1-2-6-20/h3-4,7-9,22H,1-2,5-6,10H2. The molecule has 4 rings (SSSR count). The Labute approximate surface area is 127 Å². The summed E-state index contributed by atoms with van der Waals surface area (Å²) in [5, 5.41) is 22.0. The van der Waals surface area contributed by atoms with Crippen molar-refractivity contribution >= 4 is 11.5 Å². The van der Waals surface area contributed by atoms with Gasteiger partial charge < -0.3 is 10.0 Å². The zero-order valence-electron chi connectivity index (χ0n) is 12.1. The summed E-state index contributed by atoms with van der Waals surface area (Å²) in [7, 11) is 0. The van der Waals surface area contributed by atoms with Gasteiger partial charge in [0.1, 0.15) is 17.2 Å². The van der Waals surface area contributed by atoms with Gasteiger partial charge in [-0.15, -0.1) is 10.2 Å². The second-order valence-corrected chi connectivity index (χ2v) is 5.41. The molecule has 0 amide bonds. The Balaban J connectivity index is 1.81. The molecule has 1 N–H and O–H groups in total. The van der Waals surface area contributed by atoms with Gasteiger partial charge in [-0.2, -0.15) is 5.10 Å². The van der Waals surface area contributed by atoms with Crippen molar-refractivity contribution in [3.63, 3.8) is 0 Å². The Kier molecular flexibility index (Phi) is 3.19. The van der Waals surface area contributed by atoms with Crippen LogP contribution in [0.2, 0.25) is 0 Å². The van der Waals surface area contributed by atoms with Crippen molar-refractivity contribution < 1.29 is 5.11 Å². The first-order chi connectivity index (χ1) is 10.8. The first kappa shape index (κ1) is 13.1. The third kappa shape index (κ3) is 2.19. The highest BCUT2D eigenvalue weighted by molar-refractivity contribution is 5.60. The fourth-order valence-corrected chi connectivity index (χ4v) is 2.77. The molecule has 0 atom stereocenters. The maximum Gasteiger partial charge on any atom is 0.154 e. The number of hydrogen-bond acceptors (Lipinski definition) is 6. The Morgan fingerprint density at radius 1 is 1.14 bits per heavy atom. The molecule has 0 bridgehead atoms. The van der Waals surface area contributed by atoms with Crippen molar-refractivity contribution in [2.45, 2.75) is 19.4 Å². The minimum Gasteiger partial charge on any atom is -0.392 e. The maximum absolute atomic E-state index is 9.25. The highest BCUT2D eigenvalue weighted by atomic mass is 16.3. The molecule has 3 aromatic rings. The van der Waals surface area contributed by atoms with Crippen molar-refractivity contribution in [1.82, 2.24) is 24.8 Å². The molecule has 22 heavy (non-hydrogen) atoms. The first-order valence-corrected chi connectivity index (χ1v) is 7.38. The number of aliphatic hydroxyl groups excluding tert-OH is 1. The number of anilines is 1. The highest BCUT2D eigenvalue weighted by Crippen LogP contribution is 2.22. The molecule has 0 radical (unpaired) electrons. The zero-order chi connectivity index (χ0) is 14.9. The lowest BCUT2D eigenvalue weighted by atomic mass is 10.2.